The van der Waals surface area contributed by atoms with E-state index in [1.165, 1.54) is 6.07 Å². The fourth-order valence-electron chi connectivity index (χ4n) is 3.62. The van der Waals surface area contributed by atoms with Crippen LogP contribution >= 0.6 is 0 Å². The zero-order chi connectivity index (χ0) is 18.1. The normalized spacial score (nSPS) is 23.2. The molecule has 0 radical (unpaired) electrons. The van der Waals surface area contributed by atoms with Gasteiger partial charge in [0.05, 0.1) is 6.61 Å². The predicted molar refractivity (Wildman–Crippen MR) is 87.4 cm³/mol. The van der Waals surface area contributed by atoms with Gasteiger partial charge in [0, 0.05) is 34.9 Å². The second kappa shape index (κ2) is 6.78. The van der Waals surface area contributed by atoms with Gasteiger partial charge in [-0.15, -0.1) is 0 Å². The van der Waals surface area contributed by atoms with E-state index in [9.17, 15) is 18.4 Å². The molecule has 1 N–H and O–H groups in total. The van der Waals surface area contributed by atoms with Crippen LogP contribution in [0.2, 0.25) is 0 Å². The summed E-state index contributed by atoms with van der Waals surface area (Å²) >= 11 is 0. The van der Waals surface area contributed by atoms with Crippen LogP contribution in [0.3, 0.4) is 0 Å². The Morgan fingerprint density at radius 3 is 2.64 bits per heavy atom. The Kier molecular flexibility index (Phi) is 4.70. The first-order valence-electron chi connectivity index (χ1n) is 8.28. The maximum absolute atomic E-state index is 14.5. The van der Waals surface area contributed by atoms with Crippen LogP contribution in [-0.4, -0.2) is 18.4 Å². The van der Waals surface area contributed by atoms with Crippen LogP contribution in [0.25, 0.3) is 0 Å². The second-order valence-corrected chi connectivity index (χ2v) is 6.16. The summed E-state index contributed by atoms with van der Waals surface area (Å²) in [6.07, 6.45) is 1.51. The molecule has 1 aliphatic carbocycles. The lowest BCUT2D eigenvalue weighted by Crippen LogP contribution is -2.41. The van der Waals surface area contributed by atoms with Crippen LogP contribution in [0.1, 0.15) is 37.7 Å². The fraction of sp³-hybridized carbons (Fsp3) is 0.368. The first-order chi connectivity index (χ1) is 12.0. The highest BCUT2D eigenvalue weighted by atomic mass is 19.1. The van der Waals surface area contributed by atoms with E-state index in [1.807, 2.05) is 0 Å². The molecule has 2 aliphatic rings. The second-order valence-electron chi connectivity index (χ2n) is 6.16. The molecule has 0 spiro atoms. The van der Waals surface area contributed by atoms with Crippen molar-refractivity contribution in [3.05, 3.63) is 58.9 Å². The predicted octanol–water partition coefficient (Wildman–Crippen LogP) is 3.35. The van der Waals surface area contributed by atoms with E-state index in [4.69, 9.17) is 4.74 Å². The van der Waals surface area contributed by atoms with E-state index in [1.54, 1.807) is 6.92 Å². The number of carbonyl (C=O) groups is 2. The summed E-state index contributed by atoms with van der Waals surface area (Å²) in [4.78, 5) is 25.0. The third kappa shape index (κ3) is 2.97. The molecule has 1 aromatic rings. The fourth-order valence-corrected chi connectivity index (χ4v) is 3.62. The molecular formula is C19H19F2NO3. The van der Waals surface area contributed by atoms with Crippen molar-refractivity contribution in [1.82, 2.24) is 5.32 Å². The van der Waals surface area contributed by atoms with E-state index >= 15 is 0 Å². The molecule has 1 aromatic carbocycles. The molecular weight excluding hydrogens is 328 g/mol. The summed E-state index contributed by atoms with van der Waals surface area (Å²) in [6.45, 7) is 5.61. The Labute approximate surface area is 144 Å². The number of halogens is 2. The smallest absolute Gasteiger partial charge is 0.315 e. The average Bonchev–Trinajstić information content (AvgIpc) is 2.54. The van der Waals surface area contributed by atoms with Crippen LogP contribution in [0.5, 0.6) is 0 Å². The molecule has 1 heterocycles. The van der Waals surface area contributed by atoms with Gasteiger partial charge >= 0.3 is 5.97 Å². The number of nitrogens with one attached hydrogen (secondary N) is 1. The zero-order valence-electron chi connectivity index (χ0n) is 13.9. The van der Waals surface area contributed by atoms with Crippen LogP contribution < -0.4 is 5.32 Å². The molecule has 6 heteroatoms. The van der Waals surface area contributed by atoms with Crippen molar-refractivity contribution in [2.45, 2.75) is 32.1 Å². The Morgan fingerprint density at radius 1 is 1.32 bits per heavy atom. The largest absolute Gasteiger partial charge is 0.465 e. The van der Waals surface area contributed by atoms with Gasteiger partial charge in [-0.3, -0.25) is 9.59 Å². The molecule has 0 amide bonds. The van der Waals surface area contributed by atoms with E-state index in [2.05, 4.69) is 11.9 Å². The lowest BCUT2D eigenvalue weighted by Gasteiger charge is -2.38. The standard InChI is InChI=1S/C19H19F2NO3/c1-3-25-19(24)15-10(2)22-13-8-5-9-14(23)17(13)18(15)16-11(20)6-4-7-12(16)21/h4,6-7,15,18,22H,2-3,5,8-9H2,1H3. The SMILES string of the molecule is C=C1NC2=C(C(=O)CCC2)C(c2c(F)cccc2F)C1C(=O)OCC. The van der Waals surface area contributed by atoms with Crippen LogP contribution in [0.4, 0.5) is 8.78 Å². The molecule has 0 aromatic heterocycles. The maximum Gasteiger partial charge on any atom is 0.315 e. The summed E-state index contributed by atoms with van der Waals surface area (Å²) in [5, 5.41) is 3.00. The molecule has 2 unspecified atom stereocenters. The number of hydrogen-bond donors (Lipinski definition) is 1. The summed E-state index contributed by atoms with van der Waals surface area (Å²) in [5.41, 5.74) is 0.862. The Bertz CT molecular complexity index is 765. The first-order valence-corrected chi connectivity index (χ1v) is 8.28. The summed E-state index contributed by atoms with van der Waals surface area (Å²) in [7, 11) is 0. The van der Waals surface area contributed by atoms with E-state index in [0.717, 1.165) is 12.1 Å². The number of benzene rings is 1. The number of allylic oxidation sites excluding steroid dienone is 2. The van der Waals surface area contributed by atoms with E-state index in [0.29, 0.717) is 24.2 Å². The number of Topliss-reactive ketones (excluding diaryl/α,β-unsaturated/α-hetero) is 1. The minimum absolute atomic E-state index is 0.120. The van der Waals surface area contributed by atoms with Crippen molar-refractivity contribution < 1.29 is 23.1 Å². The Morgan fingerprint density at radius 2 is 2.00 bits per heavy atom. The molecule has 132 valence electrons. The van der Waals surface area contributed by atoms with Crippen molar-refractivity contribution in [1.29, 1.82) is 0 Å². The van der Waals surface area contributed by atoms with Gasteiger partial charge in [-0.25, -0.2) is 8.78 Å². The van der Waals surface area contributed by atoms with E-state index in [-0.39, 0.29) is 29.9 Å². The van der Waals surface area contributed by atoms with Gasteiger partial charge in [0.2, 0.25) is 0 Å². The number of rotatable bonds is 3. The summed E-state index contributed by atoms with van der Waals surface area (Å²) in [6, 6.07) is 3.50. The lowest BCUT2D eigenvalue weighted by atomic mass is 9.71. The number of hydrogen-bond acceptors (Lipinski definition) is 4. The average molecular weight is 347 g/mol. The van der Waals surface area contributed by atoms with E-state index < -0.39 is 29.4 Å². The van der Waals surface area contributed by atoms with Gasteiger partial charge in [-0.2, -0.15) is 0 Å². The van der Waals surface area contributed by atoms with Gasteiger partial charge in [-0.05, 0) is 31.9 Å². The number of ether oxygens (including phenoxy) is 1. The number of ketones is 1. The molecule has 0 bridgehead atoms. The molecule has 0 fully saturated rings. The third-order valence-corrected chi connectivity index (χ3v) is 4.64. The first kappa shape index (κ1) is 17.3. The number of carbonyl (C=O) groups excluding carboxylic acids is 2. The highest BCUT2D eigenvalue weighted by Gasteiger charge is 2.45. The number of esters is 1. The molecule has 1 aliphatic heterocycles. The van der Waals surface area contributed by atoms with Crippen LogP contribution in [-0.2, 0) is 14.3 Å². The molecule has 2 atom stereocenters. The van der Waals surface area contributed by atoms with Crippen molar-refractivity contribution >= 4 is 11.8 Å². The van der Waals surface area contributed by atoms with Gasteiger partial charge in [0.25, 0.3) is 0 Å². The van der Waals surface area contributed by atoms with Crippen molar-refractivity contribution in [3.63, 3.8) is 0 Å². The highest BCUT2D eigenvalue weighted by molar-refractivity contribution is 6.00. The molecule has 3 rings (SSSR count). The molecule has 0 saturated carbocycles. The van der Waals surface area contributed by atoms with Crippen molar-refractivity contribution in [3.8, 4) is 0 Å². The maximum atomic E-state index is 14.5. The lowest BCUT2D eigenvalue weighted by molar-refractivity contribution is -0.147. The Hall–Kier alpha value is -2.50. The Balaban J connectivity index is 2.23. The summed E-state index contributed by atoms with van der Waals surface area (Å²) < 4.78 is 34.1. The molecule has 0 saturated heterocycles. The van der Waals surface area contributed by atoms with Gasteiger partial charge in [-0.1, -0.05) is 12.6 Å². The minimum Gasteiger partial charge on any atom is -0.465 e. The zero-order valence-corrected chi connectivity index (χ0v) is 13.9. The van der Waals surface area contributed by atoms with Gasteiger partial charge < -0.3 is 10.1 Å². The van der Waals surface area contributed by atoms with Crippen LogP contribution in [0.15, 0.2) is 41.7 Å². The molecule has 4 nitrogen and oxygen atoms in total. The van der Waals surface area contributed by atoms with Crippen LogP contribution in [0, 0.1) is 17.6 Å². The molecule has 25 heavy (non-hydrogen) atoms. The van der Waals surface area contributed by atoms with Crippen molar-refractivity contribution in [2.24, 2.45) is 5.92 Å². The van der Waals surface area contributed by atoms with Gasteiger partial charge in [0.15, 0.2) is 5.78 Å². The topological polar surface area (TPSA) is 55.4 Å². The quantitative estimate of drug-likeness (QED) is 0.852. The third-order valence-electron chi connectivity index (χ3n) is 4.64. The monoisotopic (exact) mass is 347 g/mol. The van der Waals surface area contributed by atoms with Gasteiger partial charge in [0.1, 0.15) is 17.6 Å². The van der Waals surface area contributed by atoms with Crippen molar-refractivity contribution in [2.75, 3.05) is 6.61 Å². The minimum atomic E-state index is -1.07. The summed E-state index contributed by atoms with van der Waals surface area (Å²) in [5.74, 6) is -4.58. The highest BCUT2D eigenvalue weighted by Crippen LogP contribution is 2.45.